The van der Waals surface area contributed by atoms with E-state index >= 15 is 0 Å². The molecule has 0 N–H and O–H groups in total. The average molecular weight is 313 g/mol. The number of carbonyl (C=O) groups excluding carboxylic acids is 2. The molecule has 4 rings (SSSR count). The summed E-state index contributed by atoms with van der Waals surface area (Å²) in [6.07, 6.45) is 0.976. The van der Waals surface area contributed by atoms with Crippen molar-refractivity contribution >= 4 is 45.1 Å². The molecule has 2 aromatic heterocycles. The predicted molar refractivity (Wildman–Crippen MR) is 85.2 cm³/mol. The van der Waals surface area contributed by atoms with Crippen LogP contribution < -0.4 is 0 Å². The standard InChI is InChI=1S/C17H13ClN2O2/c18-16-8-6-12-11-3-1-2-4-13(11)20(17(12)19-16)14-7-5-10(21)9-15(14)22/h1-4,6,8,14H,5,7,9H2. The molecule has 1 aromatic carbocycles. The average Bonchev–Trinajstić information content (AvgIpc) is 2.81. The van der Waals surface area contributed by atoms with E-state index in [-0.39, 0.29) is 24.0 Å². The number of fused-ring (bicyclic) bond motifs is 3. The number of nitrogens with zero attached hydrogens (tertiary/aromatic N) is 2. The highest BCUT2D eigenvalue weighted by Crippen LogP contribution is 2.35. The number of hydrogen-bond donors (Lipinski definition) is 0. The Morgan fingerprint density at radius 3 is 2.73 bits per heavy atom. The van der Waals surface area contributed by atoms with Crippen LogP contribution in [0, 0.1) is 0 Å². The Balaban J connectivity index is 2.04. The van der Waals surface area contributed by atoms with E-state index in [1.54, 1.807) is 6.07 Å². The lowest BCUT2D eigenvalue weighted by atomic mass is 9.93. The van der Waals surface area contributed by atoms with Crippen molar-refractivity contribution in [1.82, 2.24) is 9.55 Å². The number of rotatable bonds is 1. The Hall–Kier alpha value is -2.20. The minimum absolute atomic E-state index is 0.0131. The molecule has 3 aromatic rings. The molecule has 2 heterocycles. The SMILES string of the molecule is O=C1CCC(n2c3ccccc3c3ccc(Cl)nc32)C(=O)C1. The quantitative estimate of drug-likeness (QED) is 0.508. The third-order valence-electron chi connectivity index (χ3n) is 4.27. The Bertz CT molecular complexity index is 929. The van der Waals surface area contributed by atoms with Gasteiger partial charge >= 0.3 is 0 Å². The second-order valence-electron chi connectivity index (χ2n) is 5.63. The Morgan fingerprint density at radius 2 is 1.91 bits per heavy atom. The summed E-state index contributed by atoms with van der Waals surface area (Å²) in [7, 11) is 0. The van der Waals surface area contributed by atoms with Crippen LogP contribution in [0.15, 0.2) is 36.4 Å². The minimum atomic E-state index is -0.342. The molecule has 4 nitrogen and oxygen atoms in total. The highest BCUT2D eigenvalue weighted by molar-refractivity contribution is 6.30. The third-order valence-corrected chi connectivity index (χ3v) is 4.48. The molecule has 1 fully saturated rings. The van der Waals surface area contributed by atoms with Crippen LogP contribution in [0.25, 0.3) is 21.9 Å². The lowest BCUT2D eigenvalue weighted by Crippen LogP contribution is -2.27. The van der Waals surface area contributed by atoms with E-state index in [9.17, 15) is 9.59 Å². The summed E-state index contributed by atoms with van der Waals surface area (Å²) in [4.78, 5) is 28.3. The smallest absolute Gasteiger partial charge is 0.163 e. The van der Waals surface area contributed by atoms with Crippen molar-refractivity contribution in [3.63, 3.8) is 0 Å². The number of halogens is 1. The Labute approximate surface area is 131 Å². The van der Waals surface area contributed by atoms with Crippen LogP contribution in [0.5, 0.6) is 0 Å². The largest absolute Gasteiger partial charge is 0.315 e. The summed E-state index contributed by atoms with van der Waals surface area (Å²) >= 11 is 6.05. The summed E-state index contributed by atoms with van der Waals surface area (Å²) in [5, 5.41) is 2.42. The van der Waals surface area contributed by atoms with E-state index in [1.165, 1.54) is 0 Å². The van der Waals surface area contributed by atoms with Gasteiger partial charge in [-0.25, -0.2) is 4.98 Å². The van der Waals surface area contributed by atoms with Gasteiger partial charge in [-0.2, -0.15) is 0 Å². The molecule has 0 saturated heterocycles. The summed E-state index contributed by atoms with van der Waals surface area (Å²) in [5.74, 6) is -0.0197. The molecule has 0 aliphatic heterocycles. The molecule has 1 atom stereocenters. The molecule has 110 valence electrons. The topological polar surface area (TPSA) is 52.0 Å². The first-order valence-electron chi connectivity index (χ1n) is 7.25. The lowest BCUT2D eigenvalue weighted by molar-refractivity contribution is -0.131. The zero-order valence-electron chi connectivity index (χ0n) is 11.8. The molecular weight excluding hydrogens is 300 g/mol. The fourth-order valence-electron chi connectivity index (χ4n) is 3.29. The molecule has 1 aliphatic carbocycles. The normalized spacial score (nSPS) is 19.2. The number of para-hydroxylation sites is 1. The highest BCUT2D eigenvalue weighted by atomic mass is 35.5. The summed E-state index contributed by atoms with van der Waals surface area (Å²) in [6.45, 7) is 0. The Morgan fingerprint density at radius 1 is 1.09 bits per heavy atom. The van der Waals surface area contributed by atoms with E-state index in [0.29, 0.717) is 23.6 Å². The van der Waals surface area contributed by atoms with Crippen LogP contribution in [-0.4, -0.2) is 21.1 Å². The van der Waals surface area contributed by atoms with Crippen molar-refractivity contribution in [1.29, 1.82) is 0 Å². The van der Waals surface area contributed by atoms with Gasteiger partial charge < -0.3 is 4.57 Å². The number of aromatic nitrogens is 2. The van der Waals surface area contributed by atoms with E-state index in [1.807, 2.05) is 34.9 Å². The van der Waals surface area contributed by atoms with Gasteiger partial charge in [0.2, 0.25) is 0 Å². The minimum Gasteiger partial charge on any atom is -0.315 e. The summed E-state index contributed by atoms with van der Waals surface area (Å²) in [6, 6.07) is 11.3. The van der Waals surface area contributed by atoms with Gasteiger partial charge in [0.05, 0.1) is 18.0 Å². The molecule has 22 heavy (non-hydrogen) atoms. The van der Waals surface area contributed by atoms with Gasteiger partial charge in [-0.05, 0) is 24.6 Å². The fraction of sp³-hybridized carbons (Fsp3) is 0.235. The van der Waals surface area contributed by atoms with Crippen LogP contribution >= 0.6 is 11.6 Å². The number of pyridine rings is 1. The van der Waals surface area contributed by atoms with Crippen molar-refractivity contribution in [2.45, 2.75) is 25.3 Å². The zero-order valence-corrected chi connectivity index (χ0v) is 12.5. The first-order valence-corrected chi connectivity index (χ1v) is 7.62. The third kappa shape index (κ3) is 1.95. The number of hydrogen-bond acceptors (Lipinski definition) is 3. The maximum absolute atomic E-state index is 12.4. The first kappa shape index (κ1) is 13.5. The first-order chi connectivity index (χ1) is 10.6. The van der Waals surface area contributed by atoms with E-state index in [4.69, 9.17) is 11.6 Å². The number of Topliss-reactive ketones (excluding diaryl/α,β-unsaturated/α-hetero) is 2. The monoisotopic (exact) mass is 312 g/mol. The molecule has 1 aliphatic rings. The Kier molecular flexibility index (Phi) is 3.01. The van der Waals surface area contributed by atoms with Crippen molar-refractivity contribution in [3.8, 4) is 0 Å². The van der Waals surface area contributed by atoms with Gasteiger partial charge in [-0.1, -0.05) is 29.8 Å². The maximum atomic E-state index is 12.4. The van der Waals surface area contributed by atoms with Crippen molar-refractivity contribution in [2.24, 2.45) is 0 Å². The van der Waals surface area contributed by atoms with Crippen LogP contribution in [0.3, 0.4) is 0 Å². The lowest BCUT2D eigenvalue weighted by Gasteiger charge is -2.23. The molecule has 1 unspecified atom stereocenters. The molecule has 5 heteroatoms. The number of ketones is 2. The van der Waals surface area contributed by atoms with Gasteiger partial charge in [0, 0.05) is 17.2 Å². The van der Waals surface area contributed by atoms with E-state index in [0.717, 1.165) is 16.3 Å². The number of carbonyl (C=O) groups is 2. The molecule has 0 spiro atoms. The second-order valence-corrected chi connectivity index (χ2v) is 6.02. The van der Waals surface area contributed by atoms with Crippen LogP contribution in [-0.2, 0) is 9.59 Å². The summed E-state index contributed by atoms with van der Waals surface area (Å²) in [5.41, 5.74) is 1.67. The van der Waals surface area contributed by atoms with Gasteiger partial charge in [-0.3, -0.25) is 9.59 Å². The van der Waals surface area contributed by atoms with Crippen LogP contribution in [0.2, 0.25) is 5.15 Å². The molecule has 0 bridgehead atoms. The zero-order chi connectivity index (χ0) is 15.3. The van der Waals surface area contributed by atoms with Crippen LogP contribution in [0.4, 0.5) is 0 Å². The molecule has 1 saturated carbocycles. The maximum Gasteiger partial charge on any atom is 0.163 e. The summed E-state index contributed by atoms with van der Waals surface area (Å²) < 4.78 is 1.95. The number of benzene rings is 1. The van der Waals surface area contributed by atoms with Gasteiger partial charge in [0.25, 0.3) is 0 Å². The highest BCUT2D eigenvalue weighted by Gasteiger charge is 2.30. The van der Waals surface area contributed by atoms with Crippen LogP contribution in [0.1, 0.15) is 25.3 Å². The van der Waals surface area contributed by atoms with Gasteiger partial charge in [-0.15, -0.1) is 0 Å². The van der Waals surface area contributed by atoms with Crippen molar-refractivity contribution in [2.75, 3.05) is 0 Å². The van der Waals surface area contributed by atoms with Crippen molar-refractivity contribution < 1.29 is 9.59 Å². The predicted octanol–water partition coefficient (Wildman–Crippen LogP) is 3.71. The molecule has 0 amide bonds. The molecule has 0 radical (unpaired) electrons. The van der Waals surface area contributed by atoms with Gasteiger partial charge in [0.1, 0.15) is 16.6 Å². The second kappa shape index (κ2) is 4.92. The fourth-order valence-corrected chi connectivity index (χ4v) is 3.44. The van der Waals surface area contributed by atoms with E-state index in [2.05, 4.69) is 4.98 Å². The van der Waals surface area contributed by atoms with Gasteiger partial charge in [0.15, 0.2) is 5.78 Å². The van der Waals surface area contributed by atoms with Crippen molar-refractivity contribution in [3.05, 3.63) is 41.6 Å². The molecular formula is C17H13ClN2O2. The van der Waals surface area contributed by atoms with E-state index < -0.39 is 0 Å².